The lowest BCUT2D eigenvalue weighted by Gasteiger charge is -2.01. The zero-order valence-corrected chi connectivity index (χ0v) is 6.94. The van der Waals surface area contributed by atoms with E-state index in [0.29, 0.717) is 0 Å². The number of nitrogens with zero attached hydrogens (tertiary/aromatic N) is 1. The molecule has 1 N–H and O–H groups in total. The van der Waals surface area contributed by atoms with Crippen molar-refractivity contribution < 1.29 is 9.53 Å². The fraction of sp³-hybridized carbons (Fsp3) is 0.286. The van der Waals surface area contributed by atoms with Crippen molar-refractivity contribution in [3.63, 3.8) is 0 Å². The number of aromatic nitrogens is 2. The summed E-state index contributed by atoms with van der Waals surface area (Å²) in [5.74, 6) is -0.547. The molecule has 0 radical (unpaired) electrons. The maximum atomic E-state index is 11.0. The van der Waals surface area contributed by atoms with Gasteiger partial charge in [0.2, 0.25) is 0 Å². The Morgan fingerprint density at radius 3 is 2.85 bits per heavy atom. The molecule has 0 fully saturated rings. The molecule has 0 aliphatic carbocycles. The Bertz CT molecular complexity index is 417. The highest BCUT2D eigenvalue weighted by atomic mass is 16.5. The second-order valence-corrected chi connectivity index (χ2v) is 2.31. The summed E-state index contributed by atoms with van der Waals surface area (Å²) in [5, 5.41) is 0. The van der Waals surface area contributed by atoms with Crippen LogP contribution in [0.15, 0.2) is 21.9 Å². The number of nitrogens with one attached hydrogen (secondary N) is 1. The lowest BCUT2D eigenvalue weighted by atomic mass is 10.6. The van der Waals surface area contributed by atoms with Crippen LogP contribution in [0.5, 0.6) is 0 Å². The van der Waals surface area contributed by atoms with Gasteiger partial charge in [-0.05, 0) is 0 Å². The molecule has 0 aromatic carbocycles. The zero-order chi connectivity index (χ0) is 9.84. The molecule has 0 atom stereocenters. The lowest BCUT2D eigenvalue weighted by molar-refractivity contribution is -0.141. The Hall–Kier alpha value is -1.85. The van der Waals surface area contributed by atoms with Gasteiger partial charge in [-0.2, -0.15) is 0 Å². The lowest BCUT2D eigenvalue weighted by Crippen LogP contribution is -2.31. The first kappa shape index (κ1) is 9.24. The largest absolute Gasteiger partial charge is 0.468 e. The highest BCUT2D eigenvalue weighted by Gasteiger charge is 2.02. The topological polar surface area (TPSA) is 81.2 Å². The molecule has 70 valence electrons. The van der Waals surface area contributed by atoms with Crippen molar-refractivity contribution in [3.05, 3.63) is 33.1 Å². The van der Waals surface area contributed by atoms with Crippen LogP contribution in [0.1, 0.15) is 0 Å². The Kier molecular flexibility index (Phi) is 2.63. The van der Waals surface area contributed by atoms with Crippen LogP contribution < -0.4 is 11.2 Å². The molecule has 13 heavy (non-hydrogen) atoms. The molecular weight excluding hydrogens is 176 g/mol. The number of aromatic amines is 1. The normalized spacial score (nSPS) is 9.62. The third kappa shape index (κ3) is 2.29. The van der Waals surface area contributed by atoms with Gasteiger partial charge >= 0.3 is 11.7 Å². The first-order valence-corrected chi connectivity index (χ1v) is 3.50. The van der Waals surface area contributed by atoms with E-state index in [1.807, 2.05) is 4.98 Å². The Labute approximate surface area is 72.8 Å². The molecular formula is C7H8N2O4. The average Bonchev–Trinajstić information content (AvgIpc) is 2.09. The Morgan fingerprint density at radius 1 is 1.62 bits per heavy atom. The smallest absolute Gasteiger partial charge is 0.328 e. The predicted octanol–water partition coefficient (Wildman–Crippen LogP) is -1.29. The standard InChI is InChI=1S/C7H8N2O4/c1-13-6(11)4-9-3-2-5(10)8-7(9)12/h2-3H,4H2,1H3,(H,8,10,12). The highest BCUT2D eigenvalue weighted by molar-refractivity contribution is 5.68. The minimum absolute atomic E-state index is 0.202. The molecule has 6 nitrogen and oxygen atoms in total. The van der Waals surface area contributed by atoms with E-state index in [1.54, 1.807) is 0 Å². The van der Waals surface area contributed by atoms with Crippen molar-refractivity contribution in [2.75, 3.05) is 7.11 Å². The van der Waals surface area contributed by atoms with E-state index >= 15 is 0 Å². The van der Waals surface area contributed by atoms with Crippen molar-refractivity contribution in [2.24, 2.45) is 0 Å². The predicted molar refractivity (Wildman–Crippen MR) is 43.3 cm³/mol. The summed E-state index contributed by atoms with van der Waals surface area (Å²) >= 11 is 0. The van der Waals surface area contributed by atoms with Gasteiger partial charge in [-0.15, -0.1) is 0 Å². The van der Waals surface area contributed by atoms with Gasteiger partial charge in [0.1, 0.15) is 6.54 Å². The van der Waals surface area contributed by atoms with Gasteiger partial charge in [-0.25, -0.2) is 4.79 Å². The number of carbonyl (C=O) groups is 1. The molecule has 0 amide bonds. The number of rotatable bonds is 2. The third-order valence-corrected chi connectivity index (χ3v) is 1.42. The molecule has 0 aliphatic rings. The molecule has 1 rings (SSSR count). The molecule has 0 aliphatic heterocycles. The molecule has 1 aromatic heterocycles. The summed E-state index contributed by atoms with van der Waals surface area (Å²) in [7, 11) is 1.22. The minimum Gasteiger partial charge on any atom is -0.468 e. The molecule has 1 heterocycles. The number of methoxy groups -OCH3 is 1. The van der Waals surface area contributed by atoms with E-state index in [2.05, 4.69) is 4.74 Å². The molecule has 1 aromatic rings. The Balaban J connectivity index is 2.97. The van der Waals surface area contributed by atoms with Crippen molar-refractivity contribution in [3.8, 4) is 0 Å². The van der Waals surface area contributed by atoms with Gasteiger partial charge in [-0.1, -0.05) is 0 Å². The number of hydrogen-bond donors (Lipinski definition) is 1. The van der Waals surface area contributed by atoms with E-state index in [1.165, 1.54) is 13.3 Å². The Morgan fingerprint density at radius 2 is 2.31 bits per heavy atom. The third-order valence-electron chi connectivity index (χ3n) is 1.42. The van der Waals surface area contributed by atoms with Gasteiger partial charge in [0, 0.05) is 12.3 Å². The first-order chi connectivity index (χ1) is 6.13. The second kappa shape index (κ2) is 3.70. The zero-order valence-electron chi connectivity index (χ0n) is 6.94. The van der Waals surface area contributed by atoms with Crippen LogP contribution >= 0.6 is 0 Å². The van der Waals surface area contributed by atoms with Crippen molar-refractivity contribution in [2.45, 2.75) is 6.54 Å². The summed E-state index contributed by atoms with van der Waals surface area (Å²) < 4.78 is 5.40. The fourth-order valence-corrected chi connectivity index (χ4v) is 0.772. The van der Waals surface area contributed by atoms with E-state index in [0.717, 1.165) is 10.6 Å². The van der Waals surface area contributed by atoms with Gasteiger partial charge in [0.15, 0.2) is 0 Å². The van der Waals surface area contributed by atoms with Crippen LogP contribution in [0.3, 0.4) is 0 Å². The van der Waals surface area contributed by atoms with E-state index in [4.69, 9.17) is 0 Å². The van der Waals surface area contributed by atoms with Gasteiger partial charge in [0.25, 0.3) is 5.56 Å². The number of esters is 1. The number of carbonyl (C=O) groups excluding carboxylic acids is 1. The molecule has 0 saturated heterocycles. The van der Waals surface area contributed by atoms with E-state index in [-0.39, 0.29) is 6.54 Å². The minimum atomic E-state index is -0.627. The van der Waals surface area contributed by atoms with Crippen LogP contribution in [0.2, 0.25) is 0 Å². The number of H-pyrrole nitrogens is 1. The second-order valence-electron chi connectivity index (χ2n) is 2.31. The van der Waals surface area contributed by atoms with Gasteiger partial charge in [0.05, 0.1) is 7.11 Å². The molecule has 0 unspecified atom stereocenters. The van der Waals surface area contributed by atoms with Crippen LogP contribution in [-0.2, 0) is 16.1 Å². The van der Waals surface area contributed by atoms with Crippen LogP contribution in [0.25, 0.3) is 0 Å². The van der Waals surface area contributed by atoms with Crippen molar-refractivity contribution in [1.82, 2.24) is 9.55 Å². The number of hydrogen-bond acceptors (Lipinski definition) is 4. The highest BCUT2D eigenvalue weighted by Crippen LogP contribution is 1.79. The van der Waals surface area contributed by atoms with Crippen LogP contribution in [-0.4, -0.2) is 22.6 Å². The van der Waals surface area contributed by atoms with E-state index < -0.39 is 17.2 Å². The maximum Gasteiger partial charge on any atom is 0.328 e. The SMILES string of the molecule is COC(=O)Cn1ccc(=O)[nH]c1=O. The quantitative estimate of drug-likeness (QED) is 0.580. The molecule has 0 saturated carbocycles. The van der Waals surface area contributed by atoms with Gasteiger partial charge < -0.3 is 4.74 Å². The first-order valence-electron chi connectivity index (χ1n) is 3.50. The van der Waals surface area contributed by atoms with Crippen molar-refractivity contribution in [1.29, 1.82) is 0 Å². The monoisotopic (exact) mass is 184 g/mol. The summed E-state index contributed by atoms with van der Waals surface area (Å²) in [6, 6.07) is 1.16. The summed E-state index contributed by atoms with van der Waals surface area (Å²) in [6.07, 6.45) is 1.23. The van der Waals surface area contributed by atoms with Crippen LogP contribution in [0, 0.1) is 0 Å². The number of ether oxygens (including phenoxy) is 1. The summed E-state index contributed by atoms with van der Waals surface area (Å²) in [6.45, 7) is -0.202. The molecule has 0 spiro atoms. The van der Waals surface area contributed by atoms with Crippen molar-refractivity contribution >= 4 is 5.97 Å². The molecule has 6 heteroatoms. The van der Waals surface area contributed by atoms with E-state index in [9.17, 15) is 14.4 Å². The molecule has 0 bridgehead atoms. The average molecular weight is 184 g/mol. The summed E-state index contributed by atoms with van der Waals surface area (Å²) in [4.78, 5) is 34.4. The van der Waals surface area contributed by atoms with Gasteiger partial charge in [-0.3, -0.25) is 19.1 Å². The maximum absolute atomic E-state index is 11.0. The van der Waals surface area contributed by atoms with Crippen LogP contribution in [0.4, 0.5) is 0 Å². The summed E-state index contributed by atoms with van der Waals surface area (Å²) in [5.41, 5.74) is -1.12. The fourth-order valence-electron chi connectivity index (χ4n) is 0.772.